The first-order valence-corrected chi connectivity index (χ1v) is 8.74. The van der Waals surface area contributed by atoms with Crippen LogP contribution in [0.2, 0.25) is 0 Å². The van der Waals surface area contributed by atoms with Crippen LogP contribution >= 0.6 is 15.9 Å². The summed E-state index contributed by atoms with van der Waals surface area (Å²) in [5.41, 5.74) is 3.46. The van der Waals surface area contributed by atoms with E-state index < -0.39 is 0 Å². The lowest BCUT2D eigenvalue weighted by Gasteiger charge is -2.39. The van der Waals surface area contributed by atoms with Crippen LogP contribution in [0.5, 0.6) is 0 Å². The van der Waals surface area contributed by atoms with Gasteiger partial charge in [-0.15, -0.1) is 0 Å². The molecule has 0 bridgehead atoms. The highest BCUT2D eigenvalue weighted by Gasteiger charge is 2.40. The maximum atomic E-state index is 11.6. The predicted octanol–water partition coefficient (Wildman–Crippen LogP) is 2.61. The number of H-pyrrole nitrogens is 1. The molecule has 1 aromatic heterocycles. The summed E-state index contributed by atoms with van der Waals surface area (Å²) in [5.74, 6) is 0. The Morgan fingerprint density at radius 2 is 2.00 bits per heavy atom. The molecule has 2 amide bonds. The van der Waals surface area contributed by atoms with Crippen molar-refractivity contribution in [3.63, 3.8) is 0 Å². The summed E-state index contributed by atoms with van der Waals surface area (Å²) in [6.45, 7) is 1.47. The Morgan fingerprint density at radius 3 is 2.78 bits per heavy atom. The number of carbonyl (C=O) groups is 2. The van der Waals surface area contributed by atoms with Crippen LogP contribution in [0, 0.1) is 0 Å². The third kappa shape index (κ3) is 2.27. The van der Waals surface area contributed by atoms with Crippen LogP contribution in [0.15, 0.2) is 22.7 Å². The van der Waals surface area contributed by atoms with Gasteiger partial charge in [-0.1, -0.05) is 15.9 Å². The smallest absolute Gasteiger partial charge is 0.210 e. The number of fused-ring (bicyclic) bond motifs is 3. The van der Waals surface area contributed by atoms with Crippen molar-refractivity contribution in [1.29, 1.82) is 0 Å². The number of aromatic nitrogens is 1. The highest BCUT2D eigenvalue weighted by molar-refractivity contribution is 9.10. The number of likely N-dealkylation sites (tertiary alicyclic amines) is 1. The van der Waals surface area contributed by atoms with Crippen molar-refractivity contribution in [2.75, 3.05) is 13.1 Å². The predicted molar refractivity (Wildman–Crippen MR) is 91.0 cm³/mol. The molecule has 0 unspecified atom stereocenters. The molecule has 1 fully saturated rings. The number of carbonyl (C=O) groups excluding carboxylic acids is 2. The zero-order valence-corrected chi connectivity index (χ0v) is 14.3. The Bertz CT molecular complexity index is 773. The van der Waals surface area contributed by atoms with Crippen LogP contribution in [0.1, 0.15) is 30.1 Å². The fourth-order valence-electron chi connectivity index (χ4n) is 4.12. The highest BCUT2D eigenvalue weighted by Crippen LogP contribution is 2.40. The number of amides is 2. The molecule has 0 saturated carbocycles. The van der Waals surface area contributed by atoms with E-state index in [1.807, 2.05) is 15.9 Å². The van der Waals surface area contributed by atoms with Gasteiger partial charge in [0.05, 0.1) is 12.1 Å². The highest BCUT2D eigenvalue weighted by atomic mass is 79.9. The van der Waals surface area contributed by atoms with Gasteiger partial charge >= 0.3 is 0 Å². The molecular weight excluding hydrogens is 358 g/mol. The van der Waals surface area contributed by atoms with Crippen LogP contribution in [-0.4, -0.2) is 46.7 Å². The molecule has 120 valence electrons. The summed E-state index contributed by atoms with van der Waals surface area (Å²) in [4.78, 5) is 30.2. The van der Waals surface area contributed by atoms with Gasteiger partial charge in [-0.05, 0) is 43.0 Å². The third-order valence-corrected chi connectivity index (χ3v) is 5.64. The Kier molecular flexibility index (Phi) is 3.64. The molecule has 3 heterocycles. The summed E-state index contributed by atoms with van der Waals surface area (Å²) in [6, 6.07) is 6.20. The zero-order chi connectivity index (χ0) is 16.0. The lowest BCUT2D eigenvalue weighted by molar-refractivity contribution is -0.126. The lowest BCUT2D eigenvalue weighted by Crippen LogP contribution is -2.45. The van der Waals surface area contributed by atoms with E-state index >= 15 is 0 Å². The summed E-state index contributed by atoms with van der Waals surface area (Å²) in [7, 11) is 0. The van der Waals surface area contributed by atoms with Crippen LogP contribution in [0.3, 0.4) is 0 Å². The molecule has 0 spiro atoms. The summed E-state index contributed by atoms with van der Waals surface area (Å²) < 4.78 is 1.05. The molecular formula is C17H18BrN3O2. The molecule has 6 heteroatoms. The molecule has 2 atom stereocenters. The molecule has 1 N–H and O–H groups in total. The molecule has 2 aliphatic heterocycles. The Hall–Kier alpha value is -1.82. The number of hydrogen-bond donors (Lipinski definition) is 1. The second-order valence-corrected chi connectivity index (χ2v) is 7.21. The van der Waals surface area contributed by atoms with E-state index in [1.54, 1.807) is 0 Å². The molecule has 1 saturated heterocycles. The number of halogens is 1. The second kappa shape index (κ2) is 5.67. The maximum Gasteiger partial charge on any atom is 0.210 e. The molecule has 2 aromatic rings. The van der Waals surface area contributed by atoms with E-state index in [2.05, 4.69) is 33.0 Å². The first kappa shape index (κ1) is 14.8. The molecule has 4 rings (SSSR count). The van der Waals surface area contributed by atoms with Crippen molar-refractivity contribution in [3.05, 3.63) is 33.9 Å². The number of benzene rings is 1. The van der Waals surface area contributed by atoms with Crippen LogP contribution < -0.4 is 0 Å². The van der Waals surface area contributed by atoms with E-state index in [0.717, 1.165) is 54.3 Å². The van der Waals surface area contributed by atoms with Crippen LogP contribution in [0.25, 0.3) is 10.9 Å². The number of nitrogens with one attached hydrogen (secondary N) is 1. The number of aromatic amines is 1. The van der Waals surface area contributed by atoms with Gasteiger partial charge in [0.15, 0.2) is 0 Å². The Balaban J connectivity index is 1.86. The van der Waals surface area contributed by atoms with Crippen molar-refractivity contribution in [2.45, 2.75) is 31.3 Å². The van der Waals surface area contributed by atoms with Gasteiger partial charge in [-0.25, -0.2) is 0 Å². The Labute approximate surface area is 142 Å². The minimum absolute atomic E-state index is 0.0632. The number of nitrogens with zero attached hydrogens (tertiary/aromatic N) is 2. The van der Waals surface area contributed by atoms with E-state index in [0.29, 0.717) is 6.54 Å². The van der Waals surface area contributed by atoms with Gasteiger partial charge in [-0.2, -0.15) is 0 Å². The first-order chi connectivity index (χ1) is 11.2. The van der Waals surface area contributed by atoms with Crippen molar-refractivity contribution in [2.24, 2.45) is 0 Å². The quantitative estimate of drug-likeness (QED) is 0.838. The van der Waals surface area contributed by atoms with Crippen molar-refractivity contribution in [1.82, 2.24) is 14.8 Å². The van der Waals surface area contributed by atoms with Gasteiger partial charge in [0.1, 0.15) is 0 Å². The van der Waals surface area contributed by atoms with Crippen molar-refractivity contribution < 1.29 is 9.59 Å². The third-order valence-electron chi connectivity index (χ3n) is 5.15. The molecule has 23 heavy (non-hydrogen) atoms. The molecule has 1 aromatic carbocycles. The van der Waals surface area contributed by atoms with Gasteiger partial charge in [-0.3, -0.25) is 9.59 Å². The SMILES string of the molecule is O=CN1CCc2c([nH]c3ccc(Br)cc23)[C@@H]1[C@@H]1CCCN1C=O. The first-order valence-electron chi connectivity index (χ1n) is 7.95. The van der Waals surface area contributed by atoms with E-state index in [-0.39, 0.29) is 12.1 Å². The Morgan fingerprint density at radius 1 is 1.17 bits per heavy atom. The molecule has 2 aliphatic rings. The largest absolute Gasteiger partial charge is 0.356 e. The average Bonchev–Trinajstić information content (AvgIpc) is 3.17. The molecule has 5 nitrogen and oxygen atoms in total. The monoisotopic (exact) mass is 375 g/mol. The second-order valence-electron chi connectivity index (χ2n) is 6.30. The van der Waals surface area contributed by atoms with Gasteiger partial charge in [0.25, 0.3) is 0 Å². The number of rotatable bonds is 3. The van der Waals surface area contributed by atoms with Crippen LogP contribution in [-0.2, 0) is 16.0 Å². The fourth-order valence-corrected chi connectivity index (χ4v) is 4.49. The molecule has 0 radical (unpaired) electrons. The minimum atomic E-state index is -0.0740. The van der Waals surface area contributed by atoms with Crippen LogP contribution in [0.4, 0.5) is 0 Å². The topological polar surface area (TPSA) is 56.4 Å². The van der Waals surface area contributed by atoms with Gasteiger partial charge in [0.2, 0.25) is 12.8 Å². The summed E-state index contributed by atoms with van der Waals surface area (Å²) in [5, 5.41) is 1.21. The normalized spacial score (nSPS) is 24.0. The molecule has 0 aliphatic carbocycles. The summed E-state index contributed by atoms with van der Waals surface area (Å²) in [6.07, 6.45) is 4.62. The maximum absolute atomic E-state index is 11.6. The van der Waals surface area contributed by atoms with E-state index in [1.165, 1.54) is 10.9 Å². The van der Waals surface area contributed by atoms with Crippen molar-refractivity contribution in [3.8, 4) is 0 Å². The van der Waals surface area contributed by atoms with E-state index in [4.69, 9.17) is 0 Å². The van der Waals surface area contributed by atoms with E-state index in [9.17, 15) is 9.59 Å². The standard InChI is InChI=1S/C17H18BrN3O2/c18-11-3-4-14-13(8-11)12-5-7-21(10-23)17(16(12)19-14)15-2-1-6-20(15)9-22/h3-4,8-10,15,17,19H,1-2,5-7H2/t15-,17-/m0/s1. The lowest BCUT2D eigenvalue weighted by atomic mass is 9.92. The average molecular weight is 376 g/mol. The fraction of sp³-hybridized carbons (Fsp3) is 0.412. The van der Waals surface area contributed by atoms with Gasteiger partial charge < -0.3 is 14.8 Å². The van der Waals surface area contributed by atoms with Crippen molar-refractivity contribution >= 4 is 39.7 Å². The van der Waals surface area contributed by atoms with Gasteiger partial charge in [0, 0.05) is 34.2 Å². The minimum Gasteiger partial charge on any atom is -0.356 e. The number of hydrogen-bond acceptors (Lipinski definition) is 2. The zero-order valence-electron chi connectivity index (χ0n) is 12.7. The summed E-state index contributed by atoms with van der Waals surface area (Å²) >= 11 is 3.54.